The van der Waals surface area contributed by atoms with E-state index in [0.717, 1.165) is 5.56 Å². The molecule has 162 valence electrons. The number of nitrogens with zero attached hydrogens (tertiary/aromatic N) is 2. The van der Waals surface area contributed by atoms with E-state index in [0.29, 0.717) is 36.5 Å². The lowest BCUT2D eigenvalue weighted by molar-refractivity contribution is -0.136. The van der Waals surface area contributed by atoms with Crippen LogP contribution in [0.3, 0.4) is 0 Å². The SMILES string of the molecule is Cc1ccc(-n2nc3c(c2NC(=O)C(=O)NCCCOC(C)C)CS(=O)(=O)C3)cc1. The van der Waals surface area contributed by atoms with E-state index in [1.807, 2.05) is 45.0 Å². The van der Waals surface area contributed by atoms with E-state index in [1.54, 1.807) is 0 Å². The van der Waals surface area contributed by atoms with Gasteiger partial charge in [-0.05, 0) is 39.3 Å². The van der Waals surface area contributed by atoms with Crippen molar-refractivity contribution in [1.82, 2.24) is 15.1 Å². The van der Waals surface area contributed by atoms with Gasteiger partial charge in [-0.2, -0.15) is 5.10 Å². The molecule has 2 aromatic rings. The van der Waals surface area contributed by atoms with Crippen molar-refractivity contribution in [2.24, 2.45) is 0 Å². The van der Waals surface area contributed by atoms with Crippen molar-refractivity contribution >= 4 is 27.5 Å². The molecule has 2 amide bonds. The van der Waals surface area contributed by atoms with Gasteiger partial charge in [-0.25, -0.2) is 13.1 Å². The molecular weight excluding hydrogens is 408 g/mol. The van der Waals surface area contributed by atoms with Crippen LogP contribution in [0.2, 0.25) is 0 Å². The largest absolute Gasteiger partial charge is 0.379 e. The molecule has 0 saturated carbocycles. The van der Waals surface area contributed by atoms with Gasteiger partial charge in [0.25, 0.3) is 0 Å². The normalized spacial score (nSPS) is 14.5. The third-order valence-corrected chi connectivity index (χ3v) is 6.00. The molecule has 1 aliphatic heterocycles. The fourth-order valence-corrected chi connectivity index (χ4v) is 4.58. The number of carbonyl (C=O) groups excluding carboxylic acids is 2. The van der Waals surface area contributed by atoms with Gasteiger partial charge in [-0.3, -0.25) is 9.59 Å². The van der Waals surface area contributed by atoms with Gasteiger partial charge in [0, 0.05) is 18.7 Å². The Bertz CT molecular complexity index is 1040. The first-order chi connectivity index (χ1) is 14.2. The number of carbonyl (C=O) groups is 2. The summed E-state index contributed by atoms with van der Waals surface area (Å²) in [6, 6.07) is 7.40. The second-order valence-electron chi connectivity index (χ2n) is 7.54. The minimum absolute atomic E-state index is 0.101. The van der Waals surface area contributed by atoms with Crippen LogP contribution in [0.1, 0.15) is 37.1 Å². The average Bonchev–Trinajstić information content (AvgIpc) is 3.14. The van der Waals surface area contributed by atoms with E-state index in [9.17, 15) is 18.0 Å². The Hall–Kier alpha value is -2.72. The molecule has 0 saturated heterocycles. The summed E-state index contributed by atoms with van der Waals surface area (Å²) in [7, 11) is -3.32. The number of aryl methyl sites for hydroxylation is 1. The number of benzene rings is 1. The topological polar surface area (TPSA) is 119 Å². The van der Waals surface area contributed by atoms with Crippen molar-refractivity contribution in [2.45, 2.75) is 44.8 Å². The Morgan fingerprint density at radius 1 is 1.17 bits per heavy atom. The van der Waals surface area contributed by atoms with Crippen LogP contribution in [0.5, 0.6) is 0 Å². The van der Waals surface area contributed by atoms with Gasteiger partial charge in [0.15, 0.2) is 9.84 Å². The first kappa shape index (κ1) is 22.0. The molecule has 1 aromatic heterocycles. The van der Waals surface area contributed by atoms with Gasteiger partial charge in [0.05, 0.1) is 29.0 Å². The van der Waals surface area contributed by atoms with Crippen molar-refractivity contribution in [2.75, 3.05) is 18.5 Å². The van der Waals surface area contributed by atoms with Crippen molar-refractivity contribution < 1.29 is 22.7 Å². The molecule has 0 spiro atoms. The molecule has 0 unspecified atom stereocenters. The Morgan fingerprint density at radius 2 is 1.87 bits per heavy atom. The maximum atomic E-state index is 12.4. The highest BCUT2D eigenvalue weighted by atomic mass is 32.2. The number of amides is 2. The lowest BCUT2D eigenvalue weighted by atomic mass is 10.2. The van der Waals surface area contributed by atoms with Crippen LogP contribution in [0.15, 0.2) is 24.3 Å². The predicted molar refractivity (Wildman–Crippen MR) is 112 cm³/mol. The molecule has 9 nitrogen and oxygen atoms in total. The van der Waals surface area contributed by atoms with E-state index >= 15 is 0 Å². The van der Waals surface area contributed by atoms with Crippen LogP contribution in [0.25, 0.3) is 5.69 Å². The number of hydrogen-bond donors (Lipinski definition) is 2. The van der Waals surface area contributed by atoms with Crippen molar-refractivity contribution in [3.05, 3.63) is 41.1 Å². The Labute approximate surface area is 175 Å². The zero-order valence-electron chi connectivity index (χ0n) is 17.3. The summed E-state index contributed by atoms with van der Waals surface area (Å²) in [5.41, 5.74) is 2.51. The van der Waals surface area contributed by atoms with E-state index in [-0.39, 0.29) is 23.4 Å². The van der Waals surface area contributed by atoms with E-state index < -0.39 is 21.7 Å². The molecule has 2 heterocycles. The lowest BCUT2D eigenvalue weighted by Crippen LogP contribution is -2.37. The zero-order valence-corrected chi connectivity index (χ0v) is 18.1. The number of hydrogen-bond acceptors (Lipinski definition) is 6. The summed E-state index contributed by atoms with van der Waals surface area (Å²) in [4.78, 5) is 24.6. The summed E-state index contributed by atoms with van der Waals surface area (Å²) in [6.45, 7) is 6.55. The molecule has 0 aliphatic carbocycles. The molecule has 1 aliphatic rings. The molecule has 2 N–H and O–H groups in total. The Balaban J connectivity index is 1.75. The predicted octanol–water partition coefficient (Wildman–Crippen LogP) is 1.48. The van der Waals surface area contributed by atoms with Gasteiger partial charge in [0.1, 0.15) is 5.82 Å². The fourth-order valence-electron chi connectivity index (χ4n) is 3.08. The Morgan fingerprint density at radius 3 is 2.53 bits per heavy atom. The lowest BCUT2D eigenvalue weighted by Gasteiger charge is -2.12. The summed E-state index contributed by atoms with van der Waals surface area (Å²) < 4.78 is 30.9. The summed E-state index contributed by atoms with van der Waals surface area (Å²) in [5.74, 6) is -1.88. The van der Waals surface area contributed by atoms with Gasteiger partial charge in [-0.1, -0.05) is 17.7 Å². The molecule has 3 rings (SSSR count). The molecule has 10 heteroatoms. The molecule has 0 fully saturated rings. The van der Waals surface area contributed by atoms with Crippen LogP contribution in [-0.4, -0.2) is 49.3 Å². The minimum atomic E-state index is -3.32. The number of rotatable bonds is 7. The van der Waals surface area contributed by atoms with Gasteiger partial charge < -0.3 is 15.4 Å². The van der Waals surface area contributed by atoms with Crippen molar-refractivity contribution in [1.29, 1.82) is 0 Å². The van der Waals surface area contributed by atoms with Crippen molar-refractivity contribution in [3.63, 3.8) is 0 Å². The average molecular weight is 435 g/mol. The van der Waals surface area contributed by atoms with Crippen LogP contribution >= 0.6 is 0 Å². The quantitative estimate of drug-likeness (QED) is 0.503. The fraction of sp³-hybridized carbons (Fsp3) is 0.450. The summed E-state index contributed by atoms with van der Waals surface area (Å²) >= 11 is 0. The highest BCUT2D eigenvalue weighted by Gasteiger charge is 2.33. The van der Waals surface area contributed by atoms with Crippen LogP contribution in [0, 0.1) is 6.92 Å². The molecule has 0 bridgehead atoms. The Kier molecular flexibility index (Phi) is 6.57. The molecule has 0 radical (unpaired) electrons. The molecule has 1 aromatic carbocycles. The van der Waals surface area contributed by atoms with Gasteiger partial charge >= 0.3 is 11.8 Å². The summed E-state index contributed by atoms with van der Waals surface area (Å²) in [6.07, 6.45) is 0.677. The maximum absolute atomic E-state index is 12.4. The highest BCUT2D eigenvalue weighted by Crippen LogP contribution is 2.32. The third kappa shape index (κ3) is 5.25. The number of sulfone groups is 1. The van der Waals surface area contributed by atoms with E-state index in [2.05, 4.69) is 15.7 Å². The van der Waals surface area contributed by atoms with Gasteiger partial charge in [0.2, 0.25) is 0 Å². The van der Waals surface area contributed by atoms with Crippen LogP contribution in [-0.2, 0) is 35.7 Å². The maximum Gasteiger partial charge on any atom is 0.314 e. The molecular formula is C20H26N4O5S. The number of anilines is 1. The third-order valence-electron chi connectivity index (χ3n) is 4.56. The second kappa shape index (κ2) is 8.97. The number of ether oxygens (including phenoxy) is 1. The van der Waals surface area contributed by atoms with Crippen LogP contribution in [0.4, 0.5) is 5.82 Å². The first-order valence-corrected chi connectivity index (χ1v) is 11.6. The van der Waals surface area contributed by atoms with Crippen LogP contribution < -0.4 is 10.6 Å². The minimum Gasteiger partial charge on any atom is -0.379 e. The van der Waals surface area contributed by atoms with E-state index in [4.69, 9.17) is 4.74 Å². The van der Waals surface area contributed by atoms with Crippen molar-refractivity contribution in [3.8, 4) is 5.69 Å². The zero-order chi connectivity index (χ0) is 21.9. The number of aromatic nitrogens is 2. The van der Waals surface area contributed by atoms with E-state index in [1.165, 1.54) is 4.68 Å². The molecule has 0 atom stereocenters. The van der Waals surface area contributed by atoms with Gasteiger partial charge in [-0.15, -0.1) is 0 Å². The standard InChI is InChI=1S/C20H26N4O5S/c1-13(2)29-10-4-9-21-19(25)20(26)22-18-16-11-30(27,28)12-17(16)23-24(18)15-7-5-14(3)6-8-15/h5-8,13H,4,9-12H2,1-3H3,(H,21,25)(H,22,26). The highest BCUT2D eigenvalue weighted by molar-refractivity contribution is 7.90. The number of nitrogens with one attached hydrogen (secondary N) is 2. The monoisotopic (exact) mass is 434 g/mol. The second-order valence-corrected chi connectivity index (χ2v) is 9.60. The number of fused-ring (bicyclic) bond motifs is 1. The smallest absolute Gasteiger partial charge is 0.314 e. The summed E-state index contributed by atoms with van der Waals surface area (Å²) in [5, 5.41) is 9.47. The first-order valence-electron chi connectivity index (χ1n) is 9.75. The molecule has 30 heavy (non-hydrogen) atoms.